The maximum absolute atomic E-state index is 8.05. The fourth-order valence-corrected chi connectivity index (χ4v) is 2.22. The van der Waals surface area contributed by atoms with E-state index in [2.05, 4.69) is 11.8 Å². The van der Waals surface area contributed by atoms with Crippen LogP contribution in [0.2, 0.25) is 0 Å². The molecule has 1 aliphatic carbocycles. The summed E-state index contributed by atoms with van der Waals surface area (Å²) >= 11 is 0. The highest BCUT2D eigenvalue weighted by Gasteiger charge is 2.32. The van der Waals surface area contributed by atoms with Gasteiger partial charge in [0.2, 0.25) is 0 Å². The molecular weight excluding hydrogens is 160 g/mol. The Kier molecular flexibility index (Phi) is 2.56. The summed E-state index contributed by atoms with van der Waals surface area (Å²) < 4.78 is 0. The lowest BCUT2D eigenvalue weighted by atomic mass is 10.1. The molecule has 0 aromatic carbocycles. The van der Waals surface area contributed by atoms with E-state index >= 15 is 0 Å². The molecule has 1 saturated carbocycles. The van der Waals surface area contributed by atoms with E-state index in [1.807, 2.05) is 0 Å². The monoisotopic (exact) mass is 180 g/mol. The molecule has 0 radical (unpaired) electrons. The summed E-state index contributed by atoms with van der Waals surface area (Å²) in [5.41, 5.74) is 0. The molecule has 2 heteroatoms. The summed E-state index contributed by atoms with van der Waals surface area (Å²) in [4.78, 5) is 2.35. The Labute approximate surface area is 80.8 Å². The molecule has 0 amide bonds. The van der Waals surface area contributed by atoms with Crippen molar-refractivity contribution in [2.45, 2.75) is 51.5 Å². The largest absolute Gasteiger partial charge is 0.358 e. The molecule has 13 heavy (non-hydrogen) atoms. The second-order valence-corrected chi connectivity index (χ2v) is 4.55. The third-order valence-corrected chi connectivity index (χ3v) is 3.33. The Hall–Kier alpha value is -0.530. The quantitative estimate of drug-likeness (QED) is 0.487. The van der Waals surface area contributed by atoms with Crippen molar-refractivity contribution in [3.63, 3.8) is 0 Å². The summed E-state index contributed by atoms with van der Waals surface area (Å²) in [6, 6.07) is 0.621. The molecule has 2 rings (SSSR count). The lowest BCUT2D eigenvalue weighted by molar-refractivity contribution is 0.326. The van der Waals surface area contributed by atoms with Crippen LogP contribution >= 0.6 is 0 Å². The number of hydrogen-bond acceptors (Lipinski definition) is 1. The second kappa shape index (κ2) is 3.69. The molecule has 2 aliphatic rings. The van der Waals surface area contributed by atoms with Gasteiger partial charge in [-0.15, -0.1) is 0 Å². The van der Waals surface area contributed by atoms with E-state index in [1.165, 1.54) is 38.5 Å². The van der Waals surface area contributed by atoms with Crippen LogP contribution in [0.25, 0.3) is 0 Å². The highest BCUT2D eigenvalue weighted by atomic mass is 15.2. The molecule has 0 spiro atoms. The summed E-state index contributed by atoms with van der Waals surface area (Å²) in [7, 11) is 0. The third-order valence-electron chi connectivity index (χ3n) is 3.33. The normalized spacial score (nSPS) is 29.9. The van der Waals surface area contributed by atoms with E-state index in [1.54, 1.807) is 0 Å². The van der Waals surface area contributed by atoms with Crippen molar-refractivity contribution in [3.05, 3.63) is 0 Å². The van der Waals surface area contributed by atoms with Crippen LogP contribution < -0.4 is 0 Å². The van der Waals surface area contributed by atoms with Crippen molar-refractivity contribution in [2.24, 2.45) is 5.92 Å². The smallest absolute Gasteiger partial charge is 0.0991 e. The van der Waals surface area contributed by atoms with Gasteiger partial charge < -0.3 is 4.90 Å². The van der Waals surface area contributed by atoms with Crippen molar-refractivity contribution in [3.8, 4) is 0 Å². The Morgan fingerprint density at radius 2 is 1.92 bits per heavy atom. The minimum atomic E-state index is 0.621. The van der Waals surface area contributed by atoms with Crippen LogP contribution in [0.4, 0.5) is 0 Å². The highest BCUT2D eigenvalue weighted by Crippen LogP contribution is 2.33. The van der Waals surface area contributed by atoms with Crippen molar-refractivity contribution >= 4 is 5.84 Å². The van der Waals surface area contributed by atoms with E-state index in [9.17, 15) is 0 Å². The summed E-state index contributed by atoms with van der Waals surface area (Å²) in [6.45, 7) is 3.42. The van der Waals surface area contributed by atoms with E-state index < -0.39 is 0 Å². The van der Waals surface area contributed by atoms with Crippen molar-refractivity contribution in [1.82, 2.24) is 4.90 Å². The van der Waals surface area contributed by atoms with Crippen LogP contribution in [0.1, 0.15) is 45.4 Å². The van der Waals surface area contributed by atoms with Gasteiger partial charge in [0.1, 0.15) is 0 Å². The summed E-state index contributed by atoms with van der Waals surface area (Å²) in [5, 5.41) is 8.05. The van der Waals surface area contributed by atoms with E-state index in [-0.39, 0.29) is 0 Å². The van der Waals surface area contributed by atoms with Crippen molar-refractivity contribution in [2.75, 3.05) is 6.54 Å². The highest BCUT2D eigenvalue weighted by molar-refractivity contribution is 5.84. The minimum absolute atomic E-state index is 0.621. The Bertz CT molecular complexity index is 196. The number of nitrogens with zero attached hydrogens (tertiary/aromatic N) is 1. The van der Waals surface area contributed by atoms with Gasteiger partial charge in [-0.1, -0.05) is 12.8 Å². The molecule has 0 aromatic rings. The first-order valence-corrected chi connectivity index (χ1v) is 5.64. The Balaban J connectivity index is 1.96. The zero-order valence-electron chi connectivity index (χ0n) is 8.55. The number of hydrogen-bond donors (Lipinski definition) is 1. The third kappa shape index (κ3) is 2.04. The van der Waals surface area contributed by atoms with Crippen LogP contribution in [0.3, 0.4) is 0 Å². The molecule has 1 saturated heterocycles. The maximum atomic E-state index is 8.05. The van der Waals surface area contributed by atoms with Gasteiger partial charge in [0.05, 0.1) is 5.84 Å². The van der Waals surface area contributed by atoms with Gasteiger partial charge in [0, 0.05) is 18.5 Å². The van der Waals surface area contributed by atoms with Gasteiger partial charge in [0.15, 0.2) is 0 Å². The maximum Gasteiger partial charge on any atom is 0.0991 e. The zero-order chi connectivity index (χ0) is 9.26. The molecule has 2 nitrogen and oxygen atoms in total. The Morgan fingerprint density at radius 1 is 1.15 bits per heavy atom. The first kappa shape index (κ1) is 9.04. The van der Waals surface area contributed by atoms with Crippen LogP contribution in [0.5, 0.6) is 0 Å². The molecule has 1 N–H and O–H groups in total. The predicted octanol–water partition coefficient (Wildman–Crippen LogP) is 2.64. The average molecular weight is 180 g/mol. The van der Waals surface area contributed by atoms with Gasteiger partial charge >= 0.3 is 0 Å². The number of nitrogens with one attached hydrogen (secondary N) is 1. The van der Waals surface area contributed by atoms with Crippen LogP contribution in [0.15, 0.2) is 0 Å². The lowest BCUT2D eigenvalue weighted by Crippen LogP contribution is -2.38. The molecular formula is C11H20N2. The van der Waals surface area contributed by atoms with Gasteiger partial charge in [0.25, 0.3) is 0 Å². The van der Waals surface area contributed by atoms with E-state index in [0.29, 0.717) is 12.0 Å². The molecule has 2 fully saturated rings. The summed E-state index contributed by atoms with van der Waals surface area (Å²) in [5.74, 6) is 1.56. The van der Waals surface area contributed by atoms with Gasteiger partial charge in [-0.2, -0.15) is 0 Å². The van der Waals surface area contributed by atoms with Crippen LogP contribution in [-0.2, 0) is 0 Å². The molecule has 74 valence electrons. The Morgan fingerprint density at radius 3 is 2.62 bits per heavy atom. The standard InChI is InChI=1S/C11H20N2/c1-9-5-3-2-4-8-13(9)11(12)10-6-7-10/h9-10,12H,2-8H2,1H3. The first-order valence-electron chi connectivity index (χ1n) is 5.64. The predicted molar refractivity (Wildman–Crippen MR) is 55.1 cm³/mol. The zero-order valence-corrected chi connectivity index (χ0v) is 8.55. The SMILES string of the molecule is CC1CCCCCN1C(=N)C1CC1. The first-order chi connectivity index (χ1) is 6.29. The molecule has 0 aromatic heterocycles. The average Bonchev–Trinajstić information content (AvgIpc) is 2.89. The fourth-order valence-electron chi connectivity index (χ4n) is 2.22. The number of amidine groups is 1. The second-order valence-electron chi connectivity index (χ2n) is 4.55. The molecule has 1 heterocycles. The van der Waals surface area contributed by atoms with Crippen LogP contribution in [-0.4, -0.2) is 23.3 Å². The number of rotatable bonds is 1. The van der Waals surface area contributed by atoms with Crippen molar-refractivity contribution < 1.29 is 0 Å². The fraction of sp³-hybridized carbons (Fsp3) is 0.909. The van der Waals surface area contributed by atoms with Gasteiger partial charge in [-0.3, -0.25) is 5.41 Å². The van der Waals surface area contributed by atoms with E-state index in [4.69, 9.17) is 5.41 Å². The number of likely N-dealkylation sites (tertiary alicyclic amines) is 1. The van der Waals surface area contributed by atoms with E-state index in [0.717, 1.165) is 12.4 Å². The molecule has 0 bridgehead atoms. The topological polar surface area (TPSA) is 27.1 Å². The molecule has 1 atom stereocenters. The lowest BCUT2D eigenvalue weighted by Gasteiger charge is -2.29. The van der Waals surface area contributed by atoms with Crippen molar-refractivity contribution in [1.29, 1.82) is 5.41 Å². The summed E-state index contributed by atoms with van der Waals surface area (Å²) in [6.07, 6.45) is 7.83. The molecule has 1 aliphatic heterocycles. The molecule has 1 unspecified atom stereocenters. The van der Waals surface area contributed by atoms with Gasteiger partial charge in [-0.25, -0.2) is 0 Å². The van der Waals surface area contributed by atoms with Crippen LogP contribution in [0, 0.1) is 11.3 Å². The van der Waals surface area contributed by atoms with Gasteiger partial charge in [-0.05, 0) is 32.6 Å². The minimum Gasteiger partial charge on any atom is -0.358 e.